The molecule has 3 rings (SSSR count). The van der Waals surface area contributed by atoms with Crippen LogP contribution in [-0.2, 0) is 19.0 Å². The Kier molecular flexibility index (Phi) is 4.11. The monoisotopic (exact) mass is 355 g/mol. The van der Waals surface area contributed by atoms with Gasteiger partial charge in [0.05, 0.1) is 12.8 Å². The number of cyclic esters (lactones) is 1. The topological polar surface area (TPSA) is 132 Å². The van der Waals surface area contributed by atoms with E-state index in [0.717, 1.165) is 6.26 Å². The van der Waals surface area contributed by atoms with Crippen molar-refractivity contribution in [1.82, 2.24) is 10.1 Å². The van der Waals surface area contributed by atoms with Crippen LogP contribution in [0.1, 0.15) is 0 Å². The molecule has 1 fully saturated rings. The van der Waals surface area contributed by atoms with Gasteiger partial charge in [-0.25, -0.2) is 9.59 Å². The van der Waals surface area contributed by atoms with Gasteiger partial charge in [0.2, 0.25) is 0 Å². The minimum absolute atomic E-state index is 0.161. The second-order valence-electron chi connectivity index (χ2n) is 5.10. The first-order chi connectivity index (χ1) is 11.3. The van der Waals surface area contributed by atoms with Crippen LogP contribution in [0.2, 0.25) is 0 Å². The largest absolute Gasteiger partial charge is 0.441 e. The molecule has 10 nitrogen and oxygen atoms in total. The maximum absolute atomic E-state index is 11.9. The highest BCUT2D eigenvalue weighted by atomic mass is 32.2. The third-order valence-electron chi connectivity index (χ3n) is 3.23. The van der Waals surface area contributed by atoms with Gasteiger partial charge in [-0.15, -0.1) is 0 Å². The molecule has 0 radical (unpaired) electrons. The van der Waals surface area contributed by atoms with E-state index in [1.54, 1.807) is 24.3 Å². The number of aromatic amines is 1. The molecule has 1 amide bonds. The molecule has 0 saturated carbocycles. The zero-order valence-electron chi connectivity index (χ0n) is 12.5. The third-order valence-corrected chi connectivity index (χ3v) is 3.80. The number of ether oxygens (including phenoxy) is 1. The lowest BCUT2D eigenvalue weighted by Crippen LogP contribution is -2.26. The van der Waals surface area contributed by atoms with E-state index in [1.807, 2.05) is 0 Å². The van der Waals surface area contributed by atoms with Crippen LogP contribution in [0.3, 0.4) is 0 Å². The van der Waals surface area contributed by atoms with Crippen molar-refractivity contribution < 1.29 is 26.7 Å². The predicted octanol–water partition coefficient (Wildman–Crippen LogP) is 0.331. The molecule has 2 heterocycles. The average Bonchev–Trinajstić information content (AvgIpc) is 3.11. The lowest BCUT2D eigenvalue weighted by atomic mass is 10.2. The van der Waals surface area contributed by atoms with Crippen molar-refractivity contribution >= 4 is 21.9 Å². The van der Waals surface area contributed by atoms with Crippen LogP contribution in [0.4, 0.5) is 10.5 Å². The number of hydrogen-bond acceptors (Lipinski definition) is 8. The number of amides is 1. The summed E-state index contributed by atoms with van der Waals surface area (Å²) in [5.74, 6) is -0.388. The lowest BCUT2D eigenvalue weighted by molar-refractivity contribution is 0.107. The fraction of sp³-hybridized carbons (Fsp3) is 0.308. The molecule has 128 valence electrons. The van der Waals surface area contributed by atoms with Crippen molar-refractivity contribution in [2.75, 3.05) is 24.3 Å². The Balaban J connectivity index is 1.70. The molecular weight excluding hydrogens is 342 g/mol. The van der Waals surface area contributed by atoms with Gasteiger partial charge < -0.3 is 4.74 Å². The van der Waals surface area contributed by atoms with Crippen LogP contribution < -0.4 is 10.7 Å². The Morgan fingerprint density at radius 2 is 2.04 bits per heavy atom. The summed E-state index contributed by atoms with van der Waals surface area (Å²) in [6, 6.07) is 6.58. The van der Waals surface area contributed by atoms with Gasteiger partial charge in [0.1, 0.15) is 12.7 Å². The summed E-state index contributed by atoms with van der Waals surface area (Å²) in [6.07, 6.45) is -0.354. The van der Waals surface area contributed by atoms with Crippen molar-refractivity contribution in [3.8, 4) is 11.4 Å². The number of anilines is 1. The Bertz CT molecular complexity index is 900. The van der Waals surface area contributed by atoms with Crippen molar-refractivity contribution in [2.45, 2.75) is 6.10 Å². The Hall–Kier alpha value is -2.66. The molecule has 2 aromatic rings. The van der Waals surface area contributed by atoms with Gasteiger partial charge in [-0.1, -0.05) is 5.16 Å². The van der Waals surface area contributed by atoms with E-state index in [0.29, 0.717) is 11.3 Å². The number of rotatable bonds is 5. The SMILES string of the molecule is CS(=O)(=O)OCC1CN(c2ccc(-c3noc(=O)[nH]3)cc2)C(=O)O1. The highest BCUT2D eigenvalue weighted by Crippen LogP contribution is 2.24. The van der Waals surface area contributed by atoms with Crippen molar-refractivity contribution in [2.24, 2.45) is 0 Å². The number of nitrogens with zero attached hydrogens (tertiary/aromatic N) is 2. The van der Waals surface area contributed by atoms with Crippen LogP contribution in [-0.4, -0.2) is 50.2 Å². The van der Waals surface area contributed by atoms with E-state index < -0.39 is 28.1 Å². The van der Waals surface area contributed by atoms with Crippen molar-refractivity contribution in [3.63, 3.8) is 0 Å². The van der Waals surface area contributed by atoms with E-state index in [1.165, 1.54) is 4.90 Å². The number of carbonyl (C=O) groups excluding carboxylic acids is 1. The number of carbonyl (C=O) groups is 1. The minimum atomic E-state index is -3.60. The molecular formula is C13H13N3O7S. The van der Waals surface area contributed by atoms with E-state index in [4.69, 9.17) is 4.74 Å². The van der Waals surface area contributed by atoms with Crippen LogP contribution in [0.15, 0.2) is 33.6 Å². The normalized spacial score (nSPS) is 18.0. The highest BCUT2D eigenvalue weighted by molar-refractivity contribution is 7.85. The summed E-state index contributed by atoms with van der Waals surface area (Å²) in [6.45, 7) is -0.0756. The van der Waals surface area contributed by atoms with E-state index in [2.05, 4.69) is 18.8 Å². The molecule has 1 atom stereocenters. The first-order valence-corrected chi connectivity index (χ1v) is 8.62. The first kappa shape index (κ1) is 16.2. The van der Waals surface area contributed by atoms with Gasteiger partial charge in [-0.3, -0.25) is 18.6 Å². The van der Waals surface area contributed by atoms with E-state index in [-0.39, 0.29) is 19.0 Å². The van der Waals surface area contributed by atoms with Crippen molar-refractivity contribution in [1.29, 1.82) is 0 Å². The van der Waals surface area contributed by atoms with Crippen LogP contribution in [0, 0.1) is 0 Å². The van der Waals surface area contributed by atoms with E-state index in [9.17, 15) is 18.0 Å². The quantitative estimate of drug-likeness (QED) is 0.759. The molecule has 1 N–H and O–H groups in total. The van der Waals surface area contributed by atoms with Crippen LogP contribution in [0.5, 0.6) is 0 Å². The fourth-order valence-corrected chi connectivity index (χ4v) is 2.57. The van der Waals surface area contributed by atoms with Gasteiger partial charge in [0.25, 0.3) is 10.1 Å². The second-order valence-corrected chi connectivity index (χ2v) is 6.74. The van der Waals surface area contributed by atoms with Gasteiger partial charge in [-0.2, -0.15) is 8.42 Å². The summed E-state index contributed by atoms with van der Waals surface area (Å²) in [7, 11) is -3.60. The maximum Gasteiger partial charge on any atom is 0.439 e. The summed E-state index contributed by atoms with van der Waals surface area (Å²) in [5, 5.41) is 3.57. The Morgan fingerprint density at radius 3 is 2.62 bits per heavy atom. The summed E-state index contributed by atoms with van der Waals surface area (Å²) < 4.78 is 36.1. The zero-order valence-corrected chi connectivity index (χ0v) is 13.3. The number of aromatic nitrogens is 2. The fourth-order valence-electron chi connectivity index (χ4n) is 2.17. The second kappa shape index (κ2) is 6.09. The molecule has 0 aliphatic carbocycles. The molecule has 0 bridgehead atoms. The zero-order chi connectivity index (χ0) is 17.3. The molecule has 11 heteroatoms. The molecule has 1 aliphatic heterocycles. The standard InChI is InChI=1S/C13H13N3O7S/c1-24(19,20)21-7-10-6-16(13(18)22-10)9-4-2-8(3-5-9)11-14-12(17)23-15-11/h2-5,10H,6-7H2,1H3,(H,14,15,17). The number of nitrogens with one attached hydrogen (secondary N) is 1. The maximum atomic E-state index is 11.9. The third kappa shape index (κ3) is 3.63. The van der Waals surface area contributed by atoms with E-state index >= 15 is 0 Å². The number of benzene rings is 1. The average molecular weight is 355 g/mol. The number of hydrogen-bond donors (Lipinski definition) is 1. The van der Waals surface area contributed by atoms with Gasteiger partial charge in [0, 0.05) is 11.3 Å². The van der Waals surface area contributed by atoms with Crippen LogP contribution >= 0.6 is 0 Å². The highest BCUT2D eigenvalue weighted by Gasteiger charge is 2.33. The molecule has 0 spiro atoms. The molecule has 24 heavy (non-hydrogen) atoms. The van der Waals surface area contributed by atoms with Gasteiger partial charge >= 0.3 is 11.8 Å². The van der Waals surface area contributed by atoms with Crippen molar-refractivity contribution in [3.05, 3.63) is 34.8 Å². The summed E-state index contributed by atoms with van der Waals surface area (Å²) in [4.78, 5) is 26.6. The predicted molar refractivity (Wildman–Crippen MR) is 81.0 cm³/mol. The molecule has 1 aromatic carbocycles. The van der Waals surface area contributed by atoms with Crippen LogP contribution in [0.25, 0.3) is 11.4 Å². The minimum Gasteiger partial charge on any atom is -0.441 e. The molecule has 1 aliphatic rings. The van der Waals surface area contributed by atoms with Gasteiger partial charge in [0.15, 0.2) is 5.82 Å². The van der Waals surface area contributed by atoms with Gasteiger partial charge in [-0.05, 0) is 24.3 Å². The Labute approximate surface area is 136 Å². The molecule has 1 saturated heterocycles. The number of H-pyrrole nitrogens is 1. The summed E-state index contributed by atoms with van der Waals surface area (Å²) >= 11 is 0. The summed E-state index contributed by atoms with van der Waals surface area (Å²) in [5.41, 5.74) is 1.16. The smallest absolute Gasteiger partial charge is 0.439 e. The molecule has 1 unspecified atom stereocenters. The lowest BCUT2D eigenvalue weighted by Gasteiger charge is -2.13. The first-order valence-electron chi connectivity index (χ1n) is 6.81. The molecule has 1 aromatic heterocycles. The Morgan fingerprint density at radius 1 is 1.33 bits per heavy atom.